The molecule has 0 heterocycles. The summed E-state index contributed by atoms with van der Waals surface area (Å²) in [4.78, 5) is 0.314. The molecule has 100 valence electrons. The third kappa shape index (κ3) is 3.12. The maximum atomic E-state index is 12.2. The van der Waals surface area contributed by atoms with Crippen LogP contribution in [0.2, 0.25) is 0 Å². The van der Waals surface area contributed by atoms with E-state index in [0.29, 0.717) is 21.8 Å². The molecule has 1 aliphatic rings. The van der Waals surface area contributed by atoms with Gasteiger partial charge in [-0.25, -0.2) is 13.1 Å². The van der Waals surface area contributed by atoms with Gasteiger partial charge in [-0.15, -0.1) is 0 Å². The van der Waals surface area contributed by atoms with Crippen molar-refractivity contribution >= 4 is 26.0 Å². The lowest BCUT2D eigenvalue weighted by Gasteiger charge is -2.10. The molecule has 1 saturated carbocycles. The number of hydrogen-bond acceptors (Lipinski definition) is 3. The maximum absolute atomic E-state index is 12.2. The molecular weight excluding hydrogens is 316 g/mol. The highest BCUT2D eigenvalue weighted by Gasteiger charge is 2.36. The molecule has 0 bridgehead atoms. The average molecular weight is 333 g/mol. The molecule has 1 fully saturated rings. The Bertz CT molecular complexity index is 545. The van der Waals surface area contributed by atoms with Gasteiger partial charge in [-0.05, 0) is 53.0 Å². The minimum absolute atomic E-state index is 0.0925. The molecular formula is C12H17BrN2O2S. The summed E-state index contributed by atoms with van der Waals surface area (Å²) in [5.41, 5.74) is 0.949. The van der Waals surface area contributed by atoms with Crippen molar-refractivity contribution in [3.8, 4) is 0 Å². The average Bonchev–Trinajstić information content (AvgIpc) is 2.96. The fourth-order valence-corrected chi connectivity index (χ4v) is 4.19. The molecule has 1 aromatic rings. The van der Waals surface area contributed by atoms with Crippen molar-refractivity contribution in [3.63, 3.8) is 0 Å². The molecule has 6 heteroatoms. The van der Waals surface area contributed by atoms with Crippen LogP contribution in [-0.2, 0) is 16.6 Å². The molecule has 18 heavy (non-hydrogen) atoms. The zero-order chi connectivity index (χ0) is 13.3. The highest BCUT2D eigenvalue weighted by atomic mass is 79.9. The smallest absolute Gasteiger partial charge is 0.241 e. The van der Waals surface area contributed by atoms with E-state index in [2.05, 4.69) is 26.0 Å². The fraction of sp³-hybridized carbons (Fsp3) is 0.500. The highest BCUT2D eigenvalue weighted by Crippen LogP contribution is 2.32. The van der Waals surface area contributed by atoms with Crippen LogP contribution in [0.15, 0.2) is 27.6 Å². The van der Waals surface area contributed by atoms with Crippen LogP contribution in [0.25, 0.3) is 0 Å². The van der Waals surface area contributed by atoms with E-state index in [1.807, 2.05) is 20.0 Å². The van der Waals surface area contributed by atoms with Gasteiger partial charge in [0.25, 0.3) is 0 Å². The second kappa shape index (κ2) is 5.28. The Balaban J connectivity index is 2.27. The Morgan fingerprint density at radius 3 is 2.67 bits per heavy atom. The third-order valence-electron chi connectivity index (χ3n) is 3.08. The number of hydrogen-bond donors (Lipinski definition) is 2. The lowest BCUT2D eigenvalue weighted by Crippen LogP contribution is -2.27. The van der Waals surface area contributed by atoms with Crippen LogP contribution in [-0.4, -0.2) is 21.5 Å². The standard InChI is InChI=1S/C12H17BrN2O2S/c1-8-5-11(8)15-18(16,17)12-6-9(7-14-2)3-4-10(12)13/h3-4,6,8,11,14-15H,5,7H2,1-2H3. The molecule has 2 rings (SSSR count). The van der Waals surface area contributed by atoms with E-state index in [1.165, 1.54) is 0 Å². The number of rotatable bonds is 5. The van der Waals surface area contributed by atoms with E-state index in [-0.39, 0.29) is 6.04 Å². The number of sulfonamides is 1. The van der Waals surface area contributed by atoms with Gasteiger partial charge in [0.05, 0.1) is 4.90 Å². The van der Waals surface area contributed by atoms with Crippen LogP contribution >= 0.6 is 15.9 Å². The van der Waals surface area contributed by atoms with Crippen LogP contribution in [0.1, 0.15) is 18.9 Å². The summed E-state index contributed by atoms with van der Waals surface area (Å²) in [7, 11) is -1.59. The second-order valence-electron chi connectivity index (χ2n) is 4.74. The predicted molar refractivity (Wildman–Crippen MR) is 74.8 cm³/mol. The summed E-state index contributed by atoms with van der Waals surface area (Å²) in [6.07, 6.45) is 0.924. The van der Waals surface area contributed by atoms with Gasteiger partial charge in [-0.1, -0.05) is 13.0 Å². The normalized spacial score (nSPS) is 23.1. The van der Waals surface area contributed by atoms with E-state index >= 15 is 0 Å². The lowest BCUT2D eigenvalue weighted by atomic mass is 10.2. The first-order valence-corrected chi connectivity index (χ1v) is 8.17. The van der Waals surface area contributed by atoms with E-state index in [4.69, 9.17) is 0 Å². The molecule has 2 N–H and O–H groups in total. The first-order valence-electron chi connectivity index (χ1n) is 5.89. The van der Waals surface area contributed by atoms with Gasteiger partial charge >= 0.3 is 0 Å². The van der Waals surface area contributed by atoms with E-state index in [1.54, 1.807) is 12.1 Å². The Morgan fingerprint density at radius 1 is 1.44 bits per heavy atom. The molecule has 0 aliphatic heterocycles. The first-order chi connectivity index (χ1) is 8.44. The molecule has 2 atom stereocenters. The van der Waals surface area contributed by atoms with E-state index in [9.17, 15) is 8.42 Å². The minimum atomic E-state index is -3.43. The molecule has 2 unspecified atom stereocenters. The topological polar surface area (TPSA) is 58.2 Å². The van der Waals surface area contributed by atoms with Crippen molar-refractivity contribution in [1.82, 2.24) is 10.0 Å². The molecule has 1 aromatic carbocycles. The zero-order valence-corrected chi connectivity index (χ0v) is 12.8. The van der Waals surface area contributed by atoms with Crippen molar-refractivity contribution in [3.05, 3.63) is 28.2 Å². The summed E-state index contributed by atoms with van der Waals surface area (Å²) in [6.45, 7) is 2.69. The largest absolute Gasteiger partial charge is 0.316 e. The number of nitrogens with one attached hydrogen (secondary N) is 2. The van der Waals surface area contributed by atoms with Gasteiger partial charge in [0.1, 0.15) is 0 Å². The van der Waals surface area contributed by atoms with Gasteiger partial charge in [0.2, 0.25) is 10.0 Å². The summed E-state index contributed by atoms with van der Waals surface area (Å²) >= 11 is 3.30. The highest BCUT2D eigenvalue weighted by molar-refractivity contribution is 9.10. The molecule has 0 amide bonds. The predicted octanol–water partition coefficient (Wildman–Crippen LogP) is 1.86. The van der Waals surface area contributed by atoms with E-state index < -0.39 is 10.0 Å². The Kier molecular flexibility index (Phi) is 4.11. The van der Waals surface area contributed by atoms with Crippen LogP contribution in [0.4, 0.5) is 0 Å². The molecule has 4 nitrogen and oxygen atoms in total. The Hall–Kier alpha value is -0.430. The summed E-state index contributed by atoms with van der Waals surface area (Å²) in [6, 6.07) is 5.47. The second-order valence-corrected chi connectivity index (χ2v) is 7.27. The Labute approximate surface area is 116 Å². The SMILES string of the molecule is CNCc1ccc(Br)c(S(=O)(=O)NC2CC2C)c1. The van der Waals surface area contributed by atoms with Gasteiger partial charge in [-0.3, -0.25) is 0 Å². The fourth-order valence-electron chi connectivity index (χ4n) is 1.82. The van der Waals surface area contributed by atoms with Crippen molar-refractivity contribution in [1.29, 1.82) is 0 Å². The van der Waals surface area contributed by atoms with Crippen molar-refractivity contribution < 1.29 is 8.42 Å². The van der Waals surface area contributed by atoms with Crippen molar-refractivity contribution in [2.75, 3.05) is 7.05 Å². The molecule has 1 aliphatic carbocycles. The van der Waals surface area contributed by atoms with Gasteiger partial charge in [0.15, 0.2) is 0 Å². The summed E-state index contributed by atoms with van der Waals surface area (Å²) in [5.74, 6) is 0.444. The quantitative estimate of drug-likeness (QED) is 0.865. The third-order valence-corrected chi connectivity index (χ3v) is 5.57. The monoisotopic (exact) mass is 332 g/mol. The van der Waals surface area contributed by atoms with Crippen LogP contribution in [0.5, 0.6) is 0 Å². The van der Waals surface area contributed by atoms with Crippen LogP contribution in [0.3, 0.4) is 0 Å². The summed E-state index contributed by atoms with van der Waals surface area (Å²) in [5, 5.41) is 3.01. The molecule has 0 saturated heterocycles. The molecule has 0 radical (unpaired) electrons. The van der Waals surface area contributed by atoms with Crippen LogP contribution < -0.4 is 10.0 Å². The first kappa shape index (κ1) is 14.0. The van der Waals surface area contributed by atoms with Crippen molar-refractivity contribution in [2.45, 2.75) is 30.8 Å². The van der Waals surface area contributed by atoms with Gasteiger partial charge in [-0.2, -0.15) is 0 Å². The zero-order valence-electron chi connectivity index (χ0n) is 10.4. The van der Waals surface area contributed by atoms with Gasteiger partial charge in [0, 0.05) is 17.1 Å². The molecule has 0 spiro atoms. The number of halogens is 1. The minimum Gasteiger partial charge on any atom is -0.316 e. The van der Waals surface area contributed by atoms with Crippen LogP contribution in [0, 0.1) is 5.92 Å². The molecule has 0 aromatic heterocycles. The van der Waals surface area contributed by atoms with Gasteiger partial charge < -0.3 is 5.32 Å². The lowest BCUT2D eigenvalue weighted by molar-refractivity contribution is 0.577. The maximum Gasteiger partial charge on any atom is 0.241 e. The Morgan fingerprint density at radius 2 is 2.11 bits per heavy atom. The van der Waals surface area contributed by atoms with E-state index in [0.717, 1.165) is 12.0 Å². The number of benzene rings is 1. The summed E-state index contributed by atoms with van der Waals surface area (Å²) < 4.78 is 27.8. The van der Waals surface area contributed by atoms with Crippen molar-refractivity contribution in [2.24, 2.45) is 5.92 Å².